The van der Waals surface area contributed by atoms with Crippen molar-refractivity contribution < 1.29 is 5.11 Å². The van der Waals surface area contributed by atoms with Crippen LogP contribution >= 0.6 is 0 Å². The standard InChI is InChI=1S/C16H20N2O/c1-17-13-7-9-16(19,10-8-13)14-6-2-4-12-5-3-11-18-15(12)14/h2-6,11,13,17,19H,7-10H2,1H3. The molecule has 0 radical (unpaired) electrons. The maximum atomic E-state index is 11.0. The molecule has 0 saturated heterocycles. The Morgan fingerprint density at radius 3 is 2.68 bits per heavy atom. The highest BCUT2D eigenvalue weighted by molar-refractivity contribution is 5.82. The van der Waals surface area contributed by atoms with Crippen LogP contribution in [0.5, 0.6) is 0 Å². The van der Waals surface area contributed by atoms with E-state index in [4.69, 9.17) is 0 Å². The van der Waals surface area contributed by atoms with E-state index in [0.29, 0.717) is 6.04 Å². The van der Waals surface area contributed by atoms with Crippen LogP contribution in [0.15, 0.2) is 36.5 Å². The van der Waals surface area contributed by atoms with E-state index >= 15 is 0 Å². The van der Waals surface area contributed by atoms with Gasteiger partial charge >= 0.3 is 0 Å². The zero-order valence-corrected chi connectivity index (χ0v) is 11.3. The lowest BCUT2D eigenvalue weighted by molar-refractivity contribution is -0.00644. The first-order valence-electron chi connectivity index (χ1n) is 6.97. The Labute approximate surface area is 113 Å². The van der Waals surface area contributed by atoms with Crippen molar-refractivity contribution in [2.24, 2.45) is 0 Å². The topological polar surface area (TPSA) is 45.1 Å². The summed E-state index contributed by atoms with van der Waals surface area (Å²) in [5, 5.41) is 15.4. The van der Waals surface area contributed by atoms with E-state index in [1.54, 1.807) is 6.20 Å². The van der Waals surface area contributed by atoms with Crippen LogP contribution in [0.3, 0.4) is 0 Å². The van der Waals surface area contributed by atoms with Crippen LogP contribution in [0.2, 0.25) is 0 Å². The van der Waals surface area contributed by atoms with Gasteiger partial charge in [0.1, 0.15) is 0 Å². The van der Waals surface area contributed by atoms with Crippen molar-refractivity contribution in [2.75, 3.05) is 7.05 Å². The SMILES string of the molecule is CNC1CCC(O)(c2cccc3cccnc23)CC1. The molecule has 1 aromatic heterocycles. The number of aliphatic hydroxyl groups is 1. The predicted octanol–water partition coefficient (Wildman–Crippen LogP) is 2.58. The monoisotopic (exact) mass is 256 g/mol. The Morgan fingerprint density at radius 1 is 1.21 bits per heavy atom. The fourth-order valence-electron chi connectivity index (χ4n) is 3.13. The molecule has 0 amide bonds. The summed E-state index contributed by atoms with van der Waals surface area (Å²) in [6.07, 6.45) is 5.42. The van der Waals surface area contributed by atoms with Gasteiger partial charge < -0.3 is 10.4 Å². The molecule has 0 spiro atoms. The Morgan fingerprint density at radius 2 is 1.95 bits per heavy atom. The maximum absolute atomic E-state index is 11.0. The van der Waals surface area contributed by atoms with E-state index in [1.165, 1.54) is 0 Å². The summed E-state index contributed by atoms with van der Waals surface area (Å²) in [7, 11) is 1.99. The molecule has 0 aliphatic heterocycles. The third-order valence-corrected chi connectivity index (χ3v) is 4.36. The molecule has 1 fully saturated rings. The summed E-state index contributed by atoms with van der Waals surface area (Å²) >= 11 is 0. The molecule has 1 heterocycles. The first-order chi connectivity index (χ1) is 9.23. The normalized spacial score (nSPS) is 27.6. The largest absolute Gasteiger partial charge is 0.385 e. The molecular weight excluding hydrogens is 236 g/mol. The van der Waals surface area contributed by atoms with Crippen molar-refractivity contribution in [1.29, 1.82) is 0 Å². The number of aromatic nitrogens is 1. The van der Waals surface area contributed by atoms with Crippen molar-refractivity contribution in [3.8, 4) is 0 Å². The Kier molecular flexibility index (Phi) is 3.25. The molecule has 0 bridgehead atoms. The molecule has 1 aliphatic carbocycles. The van der Waals surface area contributed by atoms with E-state index in [9.17, 15) is 5.11 Å². The van der Waals surface area contributed by atoms with Gasteiger partial charge in [0, 0.05) is 23.2 Å². The van der Waals surface area contributed by atoms with Gasteiger partial charge in [0.05, 0.1) is 11.1 Å². The summed E-state index contributed by atoms with van der Waals surface area (Å²) in [4.78, 5) is 4.47. The second-order valence-electron chi connectivity index (χ2n) is 5.48. The molecule has 1 saturated carbocycles. The summed E-state index contributed by atoms with van der Waals surface area (Å²) in [6.45, 7) is 0. The van der Waals surface area contributed by atoms with E-state index in [-0.39, 0.29) is 0 Å². The lowest BCUT2D eigenvalue weighted by Gasteiger charge is -2.36. The van der Waals surface area contributed by atoms with Crippen molar-refractivity contribution >= 4 is 10.9 Å². The van der Waals surface area contributed by atoms with Crippen molar-refractivity contribution in [3.05, 3.63) is 42.1 Å². The molecular formula is C16H20N2O. The van der Waals surface area contributed by atoms with Crippen LogP contribution < -0.4 is 5.32 Å². The average Bonchev–Trinajstić information content (AvgIpc) is 2.47. The minimum atomic E-state index is -0.721. The van der Waals surface area contributed by atoms with Crippen LogP contribution in [0, 0.1) is 0 Å². The summed E-state index contributed by atoms with van der Waals surface area (Å²) in [5.41, 5.74) is 1.21. The highest BCUT2D eigenvalue weighted by Gasteiger charge is 2.35. The molecule has 2 N–H and O–H groups in total. The Bertz CT molecular complexity index is 568. The van der Waals surface area contributed by atoms with E-state index in [1.807, 2.05) is 25.2 Å². The van der Waals surface area contributed by atoms with Gasteiger partial charge in [0.15, 0.2) is 0 Å². The molecule has 100 valence electrons. The van der Waals surface area contributed by atoms with Crippen molar-refractivity contribution in [2.45, 2.75) is 37.3 Å². The third-order valence-electron chi connectivity index (χ3n) is 4.36. The quantitative estimate of drug-likeness (QED) is 0.868. The van der Waals surface area contributed by atoms with E-state index in [2.05, 4.69) is 22.4 Å². The van der Waals surface area contributed by atoms with Gasteiger partial charge in [0.2, 0.25) is 0 Å². The average molecular weight is 256 g/mol. The van der Waals surface area contributed by atoms with Gasteiger partial charge in [-0.2, -0.15) is 0 Å². The van der Waals surface area contributed by atoms with Gasteiger partial charge in [-0.1, -0.05) is 24.3 Å². The first-order valence-corrected chi connectivity index (χ1v) is 6.97. The number of nitrogens with one attached hydrogen (secondary N) is 1. The number of hydrogen-bond donors (Lipinski definition) is 2. The molecule has 3 rings (SSSR count). The first kappa shape index (κ1) is 12.6. The zero-order chi connectivity index (χ0) is 13.3. The van der Waals surface area contributed by atoms with Gasteiger partial charge in [-0.15, -0.1) is 0 Å². The van der Waals surface area contributed by atoms with E-state index < -0.39 is 5.60 Å². The summed E-state index contributed by atoms with van der Waals surface area (Å²) in [5.74, 6) is 0. The summed E-state index contributed by atoms with van der Waals surface area (Å²) in [6, 6.07) is 10.6. The highest BCUT2D eigenvalue weighted by atomic mass is 16.3. The minimum absolute atomic E-state index is 0.531. The molecule has 2 aromatic rings. The Balaban J connectivity index is 2.00. The Hall–Kier alpha value is -1.45. The van der Waals surface area contributed by atoms with Crippen LogP contribution in [0.1, 0.15) is 31.2 Å². The lowest BCUT2D eigenvalue weighted by Crippen LogP contribution is -2.38. The van der Waals surface area contributed by atoms with Gasteiger partial charge in [-0.05, 0) is 38.8 Å². The van der Waals surface area contributed by atoms with Gasteiger partial charge in [-0.25, -0.2) is 0 Å². The molecule has 1 aliphatic rings. The smallest absolute Gasteiger partial charge is 0.0918 e. The van der Waals surface area contributed by atoms with E-state index in [0.717, 1.165) is 42.1 Å². The van der Waals surface area contributed by atoms with Crippen LogP contribution in [-0.4, -0.2) is 23.2 Å². The summed E-state index contributed by atoms with van der Waals surface area (Å²) < 4.78 is 0. The number of hydrogen-bond acceptors (Lipinski definition) is 3. The molecule has 19 heavy (non-hydrogen) atoms. The predicted molar refractivity (Wildman–Crippen MR) is 77.0 cm³/mol. The second-order valence-corrected chi connectivity index (χ2v) is 5.48. The molecule has 0 atom stereocenters. The number of pyridine rings is 1. The van der Waals surface area contributed by atoms with Crippen molar-refractivity contribution in [1.82, 2.24) is 10.3 Å². The molecule has 3 nitrogen and oxygen atoms in total. The number of nitrogens with zero attached hydrogens (tertiary/aromatic N) is 1. The van der Waals surface area contributed by atoms with Crippen LogP contribution in [-0.2, 0) is 5.60 Å². The molecule has 0 unspecified atom stereocenters. The third kappa shape index (κ3) is 2.24. The lowest BCUT2D eigenvalue weighted by atomic mass is 9.77. The number of fused-ring (bicyclic) bond motifs is 1. The maximum Gasteiger partial charge on any atom is 0.0918 e. The molecule has 3 heteroatoms. The van der Waals surface area contributed by atoms with Gasteiger partial charge in [0.25, 0.3) is 0 Å². The minimum Gasteiger partial charge on any atom is -0.385 e. The fraction of sp³-hybridized carbons (Fsp3) is 0.438. The molecule has 1 aromatic carbocycles. The highest BCUT2D eigenvalue weighted by Crippen LogP contribution is 2.39. The number of para-hydroxylation sites is 1. The van der Waals surface area contributed by atoms with Crippen LogP contribution in [0.25, 0.3) is 10.9 Å². The number of rotatable bonds is 2. The van der Waals surface area contributed by atoms with Gasteiger partial charge in [-0.3, -0.25) is 4.98 Å². The second kappa shape index (κ2) is 4.91. The van der Waals surface area contributed by atoms with Crippen LogP contribution in [0.4, 0.5) is 0 Å². The fourth-order valence-corrected chi connectivity index (χ4v) is 3.13. The van der Waals surface area contributed by atoms with Crippen molar-refractivity contribution in [3.63, 3.8) is 0 Å². The zero-order valence-electron chi connectivity index (χ0n) is 11.3. The number of benzene rings is 1.